The fourth-order valence-electron chi connectivity index (χ4n) is 1.63. The first-order valence-corrected chi connectivity index (χ1v) is 6.24. The average molecular weight is 226 g/mol. The number of rotatable bonds is 4. The van der Waals surface area contributed by atoms with E-state index in [1.807, 2.05) is 0 Å². The third-order valence-electron chi connectivity index (χ3n) is 2.82. The first kappa shape index (κ1) is 10.8. The summed E-state index contributed by atoms with van der Waals surface area (Å²) in [5.74, 6) is 2.50. The minimum absolute atomic E-state index is 0.188. The molecule has 0 amide bonds. The Morgan fingerprint density at radius 3 is 2.87 bits per heavy atom. The zero-order chi connectivity index (χ0) is 10.7. The standard InChI is InChI=1S/C12H15FOS/c1-14-11-6-5-10(13)7-12(11)15-8-9-3-2-4-9/h5-7,9H,2-4,8H2,1H3. The summed E-state index contributed by atoms with van der Waals surface area (Å²) in [6.07, 6.45) is 4.00. The second-order valence-electron chi connectivity index (χ2n) is 3.90. The van der Waals surface area contributed by atoms with Gasteiger partial charge < -0.3 is 4.74 Å². The molecular weight excluding hydrogens is 211 g/mol. The molecule has 1 saturated carbocycles. The van der Waals surface area contributed by atoms with E-state index in [0.717, 1.165) is 22.3 Å². The lowest BCUT2D eigenvalue weighted by molar-refractivity contribution is 0.353. The first-order chi connectivity index (χ1) is 7.29. The highest BCUT2D eigenvalue weighted by Gasteiger charge is 2.18. The molecule has 1 aliphatic carbocycles. The highest BCUT2D eigenvalue weighted by atomic mass is 32.2. The number of hydrogen-bond acceptors (Lipinski definition) is 2. The van der Waals surface area contributed by atoms with Gasteiger partial charge in [-0.25, -0.2) is 4.39 Å². The summed E-state index contributed by atoms with van der Waals surface area (Å²) in [6, 6.07) is 4.69. The van der Waals surface area contributed by atoms with Gasteiger partial charge in [0.15, 0.2) is 0 Å². The second kappa shape index (κ2) is 4.88. The van der Waals surface area contributed by atoms with Crippen molar-refractivity contribution in [2.24, 2.45) is 5.92 Å². The summed E-state index contributed by atoms with van der Waals surface area (Å²) in [4.78, 5) is 0.921. The maximum absolute atomic E-state index is 13.0. The van der Waals surface area contributed by atoms with E-state index in [1.54, 1.807) is 31.0 Å². The Kier molecular flexibility index (Phi) is 3.52. The highest BCUT2D eigenvalue weighted by molar-refractivity contribution is 7.99. The predicted molar refractivity (Wildman–Crippen MR) is 61.0 cm³/mol. The molecule has 2 rings (SSSR count). The van der Waals surface area contributed by atoms with Crippen LogP contribution in [0.3, 0.4) is 0 Å². The molecule has 1 nitrogen and oxygen atoms in total. The largest absolute Gasteiger partial charge is 0.496 e. The van der Waals surface area contributed by atoms with E-state index < -0.39 is 0 Å². The molecular formula is C12H15FOS. The van der Waals surface area contributed by atoms with Crippen LogP contribution in [0.25, 0.3) is 0 Å². The minimum atomic E-state index is -0.188. The molecule has 0 aromatic heterocycles. The minimum Gasteiger partial charge on any atom is -0.496 e. The Morgan fingerprint density at radius 1 is 1.47 bits per heavy atom. The van der Waals surface area contributed by atoms with E-state index in [2.05, 4.69) is 0 Å². The van der Waals surface area contributed by atoms with E-state index in [4.69, 9.17) is 4.74 Å². The van der Waals surface area contributed by atoms with E-state index in [9.17, 15) is 4.39 Å². The number of benzene rings is 1. The smallest absolute Gasteiger partial charge is 0.132 e. The van der Waals surface area contributed by atoms with Crippen LogP contribution in [-0.2, 0) is 0 Å². The Bertz CT molecular complexity index is 336. The van der Waals surface area contributed by atoms with Crippen molar-refractivity contribution in [2.45, 2.75) is 24.2 Å². The van der Waals surface area contributed by atoms with Crippen molar-refractivity contribution in [3.8, 4) is 5.75 Å². The predicted octanol–water partition coefficient (Wildman–Crippen LogP) is 3.73. The van der Waals surface area contributed by atoms with Crippen molar-refractivity contribution < 1.29 is 9.13 Å². The fourth-order valence-corrected chi connectivity index (χ4v) is 2.87. The van der Waals surface area contributed by atoms with E-state index >= 15 is 0 Å². The zero-order valence-electron chi connectivity index (χ0n) is 8.83. The second-order valence-corrected chi connectivity index (χ2v) is 4.96. The molecule has 0 spiro atoms. The number of methoxy groups -OCH3 is 1. The lowest BCUT2D eigenvalue weighted by atomic mass is 9.87. The molecule has 1 fully saturated rings. The monoisotopic (exact) mass is 226 g/mol. The van der Waals surface area contributed by atoms with Crippen molar-refractivity contribution in [1.29, 1.82) is 0 Å². The van der Waals surface area contributed by atoms with Gasteiger partial charge in [-0.1, -0.05) is 6.42 Å². The van der Waals surface area contributed by atoms with Crippen molar-refractivity contribution in [2.75, 3.05) is 12.9 Å². The van der Waals surface area contributed by atoms with Gasteiger partial charge in [0.2, 0.25) is 0 Å². The van der Waals surface area contributed by atoms with Crippen LogP contribution in [0.4, 0.5) is 4.39 Å². The summed E-state index contributed by atoms with van der Waals surface area (Å²) in [5, 5.41) is 0. The number of halogens is 1. The molecule has 1 aromatic rings. The third kappa shape index (κ3) is 2.65. The van der Waals surface area contributed by atoms with Crippen molar-refractivity contribution >= 4 is 11.8 Å². The third-order valence-corrected chi connectivity index (χ3v) is 4.09. The molecule has 82 valence electrons. The Hall–Kier alpha value is -0.700. The van der Waals surface area contributed by atoms with Crippen molar-refractivity contribution in [3.63, 3.8) is 0 Å². The highest BCUT2D eigenvalue weighted by Crippen LogP contribution is 2.36. The van der Waals surface area contributed by atoms with Crippen LogP contribution in [0.15, 0.2) is 23.1 Å². The van der Waals surface area contributed by atoms with Crippen molar-refractivity contribution in [1.82, 2.24) is 0 Å². The molecule has 0 unspecified atom stereocenters. The van der Waals surface area contributed by atoms with Gasteiger partial charge >= 0.3 is 0 Å². The maximum atomic E-state index is 13.0. The molecule has 3 heteroatoms. The van der Waals surface area contributed by atoms with Crippen LogP contribution in [-0.4, -0.2) is 12.9 Å². The molecule has 0 N–H and O–H groups in total. The summed E-state index contributed by atoms with van der Waals surface area (Å²) in [6.45, 7) is 0. The molecule has 1 aliphatic rings. The molecule has 0 atom stereocenters. The van der Waals surface area contributed by atoms with Crippen LogP contribution in [0.5, 0.6) is 5.75 Å². The van der Waals surface area contributed by atoms with Gasteiger partial charge in [0, 0.05) is 5.75 Å². The summed E-state index contributed by atoms with van der Waals surface area (Å²) in [5.41, 5.74) is 0. The molecule has 0 bridgehead atoms. The van der Waals surface area contributed by atoms with Gasteiger partial charge in [-0.2, -0.15) is 0 Å². The summed E-state index contributed by atoms with van der Waals surface area (Å²) >= 11 is 1.70. The van der Waals surface area contributed by atoms with Gasteiger partial charge in [-0.15, -0.1) is 11.8 Å². The van der Waals surface area contributed by atoms with Crippen LogP contribution < -0.4 is 4.74 Å². The summed E-state index contributed by atoms with van der Waals surface area (Å²) in [7, 11) is 1.63. The average Bonchev–Trinajstić information content (AvgIpc) is 2.16. The molecule has 0 heterocycles. The van der Waals surface area contributed by atoms with Crippen LogP contribution in [0.1, 0.15) is 19.3 Å². The zero-order valence-corrected chi connectivity index (χ0v) is 9.65. The summed E-state index contributed by atoms with van der Waals surface area (Å²) < 4.78 is 18.2. The maximum Gasteiger partial charge on any atom is 0.132 e. The number of hydrogen-bond donors (Lipinski definition) is 0. The van der Waals surface area contributed by atoms with Crippen molar-refractivity contribution in [3.05, 3.63) is 24.0 Å². The molecule has 0 radical (unpaired) electrons. The van der Waals surface area contributed by atoms with Gasteiger partial charge in [-0.05, 0) is 37.0 Å². The van der Waals surface area contributed by atoms with Gasteiger partial charge in [0.1, 0.15) is 11.6 Å². The topological polar surface area (TPSA) is 9.23 Å². The first-order valence-electron chi connectivity index (χ1n) is 5.26. The Balaban J connectivity index is 2.00. The van der Waals surface area contributed by atoms with Crippen LogP contribution >= 0.6 is 11.8 Å². The van der Waals surface area contributed by atoms with E-state index in [1.165, 1.54) is 25.3 Å². The van der Waals surface area contributed by atoms with Gasteiger partial charge in [-0.3, -0.25) is 0 Å². The molecule has 0 saturated heterocycles. The molecule has 1 aromatic carbocycles. The lowest BCUT2D eigenvalue weighted by Crippen LogP contribution is -2.13. The van der Waals surface area contributed by atoms with Gasteiger partial charge in [0.05, 0.1) is 12.0 Å². The van der Waals surface area contributed by atoms with E-state index in [-0.39, 0.29) is 5.82 Å². The molecule has 0 aliphatic heterocycles. The Morgan fingerprint density at radius 2 is 2.27 bits per heavy atom. The molecule has 15 heavy (non-hydrogen) atoms. The van der Waals surface area contributed by atoms with Crippen LogP contribution in [0.2, 0.25) is 0 Å². The Labute approximate surface area is 94.0 Å². The van der Waals surface area contributed by atoms with E-state index in [0.29, 0.717) is 0 Å². The van der Waals surface area contributed by atoms with Gasteiger partial charge in [0.25, 0.3) is 0 Å². The quantitative estimate of drug-likeness (QED) is 0.723. The SMILES string of the molecule is COc1ccc(F)cc1SCC1CCC1. The normalized spacial score (nSPS) is 16.1. The number of ether oxygens (including phenoxy) is 1. The lowest BCUT2D eigenvalue weighted by Gasteiger charge is -2.24. The fraction of sp³-hybridized carbons (Fsp3) is 0.500. The number of thioether (sulfide) groups is 1. The van der Waals surface area contributed by atoms with Crippen LogP contribution in [0, 0.1) is 11.7 Å².